The number of amides is 1. The van der Waals surface area contributed by atoms with Crippen molar-refractivity contribution in [2.45, 2.75) is 32.8 Å². The molecular weight excluding hydrogens is 154 g/mol. The summed E-state index contributed by atoms with van der Waals surface area (Å²) in [5.41, 5.74) is -0.410. The van der Waals surface area contributed by atoms with E-state index in [2.05, 4.69) is 6.92 Å². The van der Waals surface area contributed by atoms with E-state index < -0.39 is 5.60 Å². The lowest BCUT2D eigenvalue weighted by atomic mass is 10.2. The van der Waals surface area contributed by atoms with Gasteiger partial charge in [0.05, 0.1) is 0 Å². The molecule has 0 rings (SSSR count). The molecule has 3 heteroatoms. The van der Waals surface area contributed by atoms with E-state index >= 15 is 0 Å². The molecule has 3 nitrogen and oxygen atoms in total. The van der Waals surface area contributed by atoms with E-state index in [1.54, 1.807) is 7.05 Å². The Hall–Kier alpha value is -0.730. The molecule has 0 unspecified atom stereocenters. The van der Waals surface area contributed by atoms with Gasteiger partial charge in [0.25, 0.3) is 0 Å². The third-order valence-electron chi connectivity index (χ3n) is 1.20. The third kappa shape index (κ3) is 4.99. The Morgan fingerprint density at radius 2 is 2.00 bits per heavy atom. The normalized spacial score (nSPS) is 11.1. The largest absolute Gasteiger partial charge is 0.444 e. The van der Waals surface area contributed by atoms with Crippen molar-refractivity contribution in [1.29, 1.82) is 0 Å². The minimum atomic E-state index is -0.410. The molecule has 71 valence electrons. The number of rotatable bonds is 2. The van der Waals surface area contributed by atoms with Crippen molar-refractivity contribution in [2.24, 2.45) is 0 Å². The molecule has 0 fully saturated rings. The third-order valence-corrected chi connectivity index (χ3v) is 1.20. The summed E-state index contributed by atoms with van der Waals surface area (Å²) in [5.74, 6) is 0. The standard InChI is InChI=1S/C9H18NO2/c1-6-7-10(5)8(11)12-9(2,3)4/h1,6-7H2,2-5H3. The monoisotopic (exact) mass is 172 g/mol. The average molecular weight is 172 g/mol. The lowest BCUT2D eigenvalue weighted by Gasteiger charge is -2.24. The van der Waals surface area contributed by atoms with Crippen LogP contribution in [0.15, 0.2) is 0 Å². The van der Waals surface area contributed by atoms with Crippen LogP contribution < -0.4 is 0 Å². The van der Waals surface area contributed by atoms with Gasteiger partial charge in [0.2, 0.25) is 0 Å². The maximum atomic E-state index is 11.2. The van der Waals surface area contributed by atoms with Crippen LogP contribution in [0.25, 0.3) is 0 Å². The molecule has 0 heterocycles. The Labute approximate surface area is 74.7 Å². The highest BCUT2D eigenvalue weighted by Gasteiger charge is 2.18. The quantitative estimate of drug-likeness (QED) is 0.638. The van der Waals surface area contributed by atoms with E-state index in [1.807, 2.05) is 20.8 Å². The highest BCUT2D eigenvalue weighted by molar-refractivity contribution is 5.67. The van der Waals surface area contributed by atoms with Crippen LogP contribution in [0.4, 0.5) is 4.79 Å². The summed E-state index contributed by atoms with van der Waals surface area (Å²) in [5, 5.41) is 0. The Morgan fingerprint density at radius 3 is 2.33 bits per heavy atom. The second-order valence-electron chi connectivity index (χ2n) is 3.76. The van der Waals surface area contributed by atoms with E-state index in [-0.39, 0.29) is 6.09 Å². The number of carbonyl (C=O) groups is 1. The molecule has 0 aliphatic heterocycles. The van der Waals surface area contributed by atoms with Gasteiger partial charge in [-0.05, 0) is 27.2 Å². The molecule has 0 aromatic carbocycles. The first-order valence-electron chi connectivity index (χ1n) is 4.10. The van der Waals surface area contributed by atoms with E-state index in [1.165, 1.54) is 4.90 Å². The van der Waals surface area contributed by atoms with Crippen LogP contribution in [0.3, 0.4) is 0 Å². The molecule has 0 spiro atoms. The van der Waals surface area contributed by atoms with Gasteiger partial charge in [0, 0.05) is 13.6 Å². The number of hydrogen-bond acceptors (Lipinski definition) is 2. The number of carbonyl (C=O) groups excluding carboxylic acids is 1. The van der Waals surface area contributed by atoms with Crippen molar-refractivity contribution in [3.05, 3.63) is 6.92 Å². The molecule has 0 N–H and O–H groups in total. The van der Waals surface area contributed by atoms with Gasteiger partial charge in [-0.2, -0.15) is 0 Å². The summed E-state index contributed by atoms with van der Waals surface area (Å²) in [7, 11) is 1.71. The predicted molar refractivity (Wildman–Crippen MR) is 48.8 cm³/mol. The first-order valence-corrected chi connectivity index (χ1v) is 4.10. The second-order valence-corrected chi connectivity index (χ2v) is 3.76. The average Bonchev–Trinajstić information content (AvgIpc) is 1.84. The summed E-state index contributed by atoms with van der Waals surface area (Å²) in [4.78, 5) is 12.8. The number of ether oxygens (including phenoxy) is 1. The fourth-order valence-electron chi connectivity index (χ4n) is 0.668. The second kappa shape index (κ2) is 4.33. The van der Waals surface area contributed by atoms with E-state index in [0.717, 1.165) is 0 Å². The summed E-state index contributed by atoms with van der Waals surface area (Å²) in [6.07, 6.45) is 0.418. The zero-order valence-corrected chi connectivity index (χ0v) is 8.39. The van der Waals surface area contributed by atoms with Crippen LogP contribution in [-0.2, 0) is 4.74 Å². The first kappa shape index (κ1) is 11.3. The molecular formula is C9H18NO2. The molecule has 0 atom stereocenters. The molecule has 0 aliphatic rings. The predicted octanol–water partition coefficient (Wildman–Crippen LogP) is 2.08. The maximum absolute atomic E-state index is 11.2. The fourth-order valence-corrected chi connectivity index (χ4v) is 0.668. The Kier molecular flexibility index (Phi) is 4.07. The smallest absolute Gasteiger partial charge is 0.410 e. The van der Waals surface area contributed by atoms with Gasteiger partial charge < -0.3 is 9.64 Å². The van der Waals surface area contributed by atoms with E-state index in [9.17, 15) is 4.79 Å². The van der Waals surface area contributed by atoms with Crippen molar-refractivity contribution in [3.8, 4) is 0 Å². The van der Waals surface area contributed by atoms with Crippen LogP contribution in [0, 0.1) is 6.92 Å². The number of hydrogen-bond donors (Lipinski definition) is 0. The molecule has 1 amide bonds. The van der Waals surface area contributed by atoms with Gasteiger partial charge in [0.15, 0.2) is 0 Å². The van der Waals surface area contributed by atoms with Crippen LogP contribution in [-0.4, -0.2) is 30.2 Å². The lowest BCUT2D eigenvalue weighted by molar-refractivity contribution is 0.0301. The summed E-state index contributed by atoms with van der Waals surface area (Å²) < 4.78 is 5.11. The SMILES string of the molecule is [CH2]CCN(C)C(=O)OC(C)(C)C. The fraction of sp³-hybridized carbons (Fsp3) is 0.778. The summed E-state index contributed by atoms with van der Waals surface area (Å²) in [6.45, 7) is 9.84. The molecule has 0 aromatic heterocycles. The molecule has 0 aromatic rings. The van der Waals surface area contributed by atoms with Crippen molar-refractivity contribution in [3.63, 3.8) is 0 Å². The zero-order chi connectivity index (χ0) is 9.78. The molecule has 0 saturated carbocycles. The lowest BCUT2D eigenvalue weighted by Crippen LogP contribution is -2.34. The topological polar surface area (TPSA) is 29.5 Å². The summed E-state index contributed by atoms with van der Waals surface area (Å²) in [6, 6.07) is 0. The minimum Gasteiger partial charge on any atom is -0.444 e. The molecule has 0 aliphatic carbocycles. The van der Waals surface area contributed by atoms with Crippen LogP contribution in [0.1, 0.15) is 27.2 Å². The molecule has 0 saturated heterocycles. The highest BCUT2D eigenvalue weighted by atomic mass is 16.6. The van der Waals surface area contributed by atoms with Crippen molar-refractivity contribution < 1.29 is 9.53 Å². The van der Waals surface area contributed by atoms with Crippen molar-refractivity contribution >= 4 is 6.09 Å². The molecule has 0 bridgehead atoms. The Bertz CT molecular complexity index is 149. The van der Waals surface area contributed by atoms with Crippen LogP contribution >= 0.6 is 0 Å². The Morgan fingerprint density at radius 1 is 1.50 bits per heavy atom. The maximum Gasteiger partial charge on any atom is 0.410 e. The van der Waals surface area contributed by atoms with Gasteiger partial charge in [0.1, 0.15) is 5.60 Å². The first-order chi connectivity index (χ1) is 5.37. The Balaban J connectivity index is 3.87. The van der Waals surface area contributed by atoms with Crippen molar-refractivity contribution in [1.82, 2.24) is 4.90 Å². The van der Waals surface area contributed by atoms with Gasteiger partial charge in [-0.15, -0.1) is 0 Å². The van der Waals surface area contributed by atoms with E-state index in [0.29, 0.717) is 13.0 Å². The van der Waals surface area contributed by atoms with Crippen LogP contribution in [0.5, 0.6) is 0 Å². The summed E-state index contributed by atoms with van der Waals surface area (Å²) >= 11 is 0. The molecule has 1 radical (unpaired) electrons. The number of nitrogens with zero attached hydrogens (tertiary/aromatic N) is 1. The highest BCUT2D eigenvalue weighted by Crippen LogP contribution is 2.08. The minimum absolute atomic E-state index is 0.286. The van der Waals surface area contributed by atoms with Crippen LogP contribution in [0.2, 0.25) is 0 Å². The van der Waals surface area contributed by atoms with Crippen molar-refractivity contribution in [2.75, 3.05) is 13.6 Å². The van der Waals surface area contributed by atoms with E-state index in [4.69, 9.17) is 4.74 Å². The zero-order valence-electron chi connectivity index (χ0n) is 8.39. The van der Waals surface area contributed by atoms with Gasteiger partial charge >= 0.3 is 6.09 Å². The van der Waals surface area contributed by atoms with Gasteiger partial charge in [-0.25, -0.2) is 4.79 Å². The van der Waals surface area contributed by atoms with Gasteiger partial charge in [-0.1, -0.05) is 6.92 Å². The van der Waals surface area contributed by atoms with Gasteiger partial charge in [-0.3, -0.25) is 0 Å². The molecule has 12 heavy (non-hydrogen) atoms.